The first-order valence-corrected chi connectivity index (χ1v) is 7.66. The Bertz CT molecular complexity index is 539. The second-order valence-corrected chi connectivity index (χ2v) is 5.84. The Morgan fingerprint density at radius 1 is 1.52 bits per heavy atom. The summed E-state index contributed by atoms with van der Waals surface area (Å²) in [6.07, 6.45) is 9.04. The number of nitriles is 1. The first-order chi connectivity index (χ1) is 10.1. The van der Waals surface area contributed by atoms with Crippen LogP contribution in [0, 0.1) is 23.8 Å². The highest BCUT2D eigenvalue weighted by Gasteiger charge is 2.15. The van der Waals surface area contributed by atoms with E-state index in [-0.39, 0.29) is 0 Å². The van der Waals surface area contributed by atoms with Gasteiger partial charge in [0.25, 0.3) is 0 Å². The molecule has 0 aliphatic heterocycles. The van der Waals surface area contributed by atoms with Crippen LogP contribution in [0.3, 0.4) is 0 Å². The zero-order valence-electron chi connectivity index (χ0n) is 12.3. The topological polar surface area (TPSA) is 73.1 Å². The molecule has 0 radical (unpaired) electrons. The summed E-state index contributed by atoms with van der Waals surface area (Å²) in [5, 5.41) is 14.2. The van der Waals surface area contributed by atoms with E-state index in [0.717, 1.165) is 17.2 Å². The molecular weight excluding hydrogens is 282 g/mol. The van der Waals surface area contributed by atoms with Gasteiger partial charge in [-0.05, 0) is 26.0 Å². The summed E-state index contributed by atoms with van der Waals surface area (Å²) in [6.45, 7) is 4.28. The smallest absolute Gasteiger partial charge is 0.205 e. The van der Waals surface area contributed by atoms with E-state index >= 15 is 0 Å². The third-order valence-electron chi connectivity index (χ3n) is 2.45. The standard InChI is InChI=1S/C15H19N5S/c1-4-15(2,3)20-14(19-12-16)18-9-10-21-11-13-7-5-6-8-17-13/h1,5-8H,9-11H2,2-3H3,(H2,18,19,20). The second kappa shape index (κ2) is 8.89. The van der Waals surface area contributed by atoms with Gasteiger partial charge in [-0.1, -0.05) is 12.0 Å². The van der Waals surface area contributed by atoms with Gasteiger partial charge in [-0.15, -0.1) is 6.42 Å². The summed E-state index contributed by atoms with van der Waals surface area (Å²) in [7, 11) is 0. The molecule has 1 aromatic rings. The van der Waals surface area contributed by atoms with E-state index in [4.69, 9.17) is 11.7 Å². The van der Waals surface area contributed by atoms with Crippen LogP contribution in [-0.4, -0.2) is 28.8 Å². The highest BCUT2D eigenvalue weighted by molar-refractivity contribution is 7.98. The van der Waals surface area contributed by atoms with Gasteiger partial charge in [0, 0.05) is 17.7 Å². The third kappa shape index (κ3) is 7.24. The lowest BCUT2D eigenvalue weighted by atomic mass is 10.1. The van der Waals surface area contributed by atoms with Gasteiger partial charge in [0.05, 0.1) is 17.8 Å². The van der Waals surface area contributed by atoms with Gasteiger partial charge in [-0.3, -0.25) is 15.3 Å². The molecule has 0 atom stereocenters. The fraction of sp³-hybridized carbons (Fsp3) is 0.400. The molecule has 0 saturated carbocycles. The minimum atomic E-state index is -0.552. The number of terminal acetylenes is 1. The van der Waals surface area contributed by atoms with Crippen molar-refractivity contribution < 1.29 is 0 Å². The van der Waals surface area contributed by atoms with Crippen LogP contribution >= 0.6 is 11.8 Å². The van der Waals surface area contributed by atoms with Crippen molar-refractivity contribution in [2.45, 2.75) is 25.1 Å². The highest BCUT2D eigenvalue weighted by atomic mass is 32.2. The lowest BCUT2D eigenvalue weighted by Crippen LogP contribution is -2.47. The fourth-order valence-corrected chi connectivity index (χ4v) is 2.12. The number of nitrogens with one attached hydrogen (secondary N) is 2. The normalized spacial score (nSPS) is 11.3. The molecular formula is C15H19N5S. The van der Waals surface area contributed by atoms with Crippen LogP contribution in [0.2, 0.25) is 0 Å². The molecule has 0 aliphatic rings. The van der Waals surface area contributed by atoms with Gasteiger partial charge >= 0.3 is 0 Å². The summed E-state index contributed by atoms with van der Waals surface area (Å²) in [6, 6.07) is 5.87. The summed E-state index contributed by atoms with van der Waals surface area (Å²) in [5.41, 5.74) is 0.498. The average Bonchev–Trinajstić information content (AvgIpc) is 2.48. The molecule has 21 heavy (non-hydrogen) atoms. The molecule has 0 aromatic carbocycles. The number of hydrogen-bond donors (Lipinski definition) is 2. The monoisotopic (exact) mass is 301 g/mol. The number of guanidine groups is 1. The largest absolute Gasteiger partial charge is 0.340 e. The molecule has 0 unspecified atom stereocenters. The average molecular weight is 301 g/mol. The minimum Gasteiger partial charge on any atom is -0.340 e. The van der Waals surface area contributed by atoms with Gasteiger partial charge in [0.1, 0.15) is 0 Å². The van der Waals surface area contributed by atoms with Crippen molar-refractivity contribution in [3.63, 3.8) is 0 Å². The van der Waals surface area contributed by atoms with E-state index in [9.17, 15) is 0 Å². The Morgan fingerprint density at radius 3 is 2.95 bits per heavy atom. The van der Waals surface area contributed by atoms with Crippen LogP contribution < -0.4 is 10.6 Å². The molecule has 110 valence electrons. The molecule has 1 aromatic heterocycles. The number of nitrogens with zero attached hydrogens (tertiary/aromatic N) is 3. The number of rotatable bonds is 6. The first kappa shape index (κ1) is 16.9. The predicted octanol–water partition coefficient (Wildman–Crippen LogP) is 1.74. The SMILES string of the molecule is C#CC(C)(C)NC(=NCCSCc1ccccn1)NC#N. The van der Waals surface area contributed by atoms with Crippen LogP contribution in [0.5, 0.6) is 0 Å². The molecule has 2 N–H and O–H groups in total. The molecule has 0 saturated heterocycles. The maximum absolute atomic E-state index is 8.71. The zero-order valence-corrected chi connectivity index (χ0v) is 13.1. The molecule has 5 nitrogen and oxygen atoms in total. The minimum absolute atomic E-state index is 0.402. The van der Waals surface area contributed by atoms with Crippen molar-refractivity contribution in [2.75, 3.05) is 12.3 Å². The molecule has 6 heteroatoms. The van der Waals surface area contributed by atoms with Gasteiger partial charge in [-0.2, -0.15) is 17.0 Å². The van der Waals surface area contributed by atoms with Crippen molar-refractivity contribution in [3.05, 3.63) is 30.1 Å². The van der Waals surface area contributed by atoms with Crippen LogP contribution in [0.4, 0.5) is 0 Å². The summed E-state index contributed by atoms with van der Waals surface area (Å²) >= 11 is 1.74. The van der Waals surface area contributed by atoms with Crippen molar-refractivity contribution in [1.29, 1.82) is 5.26 Å². The van der Waals surface area contributed by atoms with Crippen LogP contribution in [0.1, 0.15) is 19.5 Å². The Kier molecular flexibility index (Phi) is 7.14. The Hall–Kier alpha value is -2.18. The van der Waals surface area contributed by atoms with Crippen LogP contribution in [0.25, 0.3) is 0 Å². The Balaban J connectivity index is 2.38. The van der Waals surface area contributed by atoms with Crippen molar-refractivity contribution >= 4 is 17.7 Å². The van der Waals surface area contributed by atoms with Crippen LogP contribution in [-0.2, 0) is 5.75 Å². The van der Waals surface area contributed by atoms with E-state index in [1.54, 1.807) is 18.0 Å². The van der Waals surface area contributed by atoms with Gasteiger partial charge in [0.15, 0.2) is 6.19 Å². The number of pyridine rings is 1. The number of aromatic nitrogens is 1. The zero-order chi connectivity index (χ0) is 15.6. The molecule has 1 heterocycles. The Morgan fingerprint density at radius 2 is 2.33 bits per heavy atom. The number of thioether (sulfide) groups is 1. The predicted molar refractivity (Wildman–Crippen MR) is 87.5 cm³/mol. The second-order valence-electron chi connectivity index (χ2n) is 4.74. The van der Waals surface area contributed by atoms with Crippen LogP contribution in [0.15, 0.2) is 29.4 Å². The maximum Gasteiger partial charge on any atom is 0.205 e. The quantitative estimate of drug-likeness (QED) is 0.209. The van der Waals surface area contributed by atoms with Crippen molar-refractivity contribution in [3.8, 4) is 18.5 Å². The van der Waals surface area contributed by atoms with Gasteiger partial charge in [-0.25, -0.2) is 0 Å². The summed E-state index contributed by atoms with van der Waals surface area (Å²) in [4.78, 5) is 8.57. The van der Waals surface area contributed by atoms with Crippen molar-refractivity contribution in [2.24, 2.45) is 4.99 Å². The van der Waals surface area contributed by atoms with E-state index in [0.29, 0.717) is 12.5 Å². The lowest BCUT2D eigenvalue weighted by Gasteiger charge is -2.21. The first-order valence-electron chi connectivity index (χ1n) is 6.50. The molecule has 0 bridgehead atoms. The number of aliphatic imine (C=N–C) groups is 1. The molecule has 0 amide bonds. The third-order valence-corrected chi connectivity index (χ3v) is 3.42. The fourth-order valence-electron chi connectivity index (χ4n) is 1.38. The molecule has 0 fully saturated rings. The van der Waals surface area contributed by atoms with E-state index in [1.165, 1.54) is 0 Å². The van der Waals surface area contributed by atoms with E-state index in [1.807, 2.05) is 38.2 Å². The highest BCUT2D eigenvalue weighted by Crippen LogP contribution is 2.08. The lowest BCUT2D eigenvalue weighted by molar-refractivity contribution is 0.590. The Labute approximate surface area is 130 Å². The van der Waals surface area contributed by atoms with Crippen molar-refractivity contribution in [1.82, 2.24) is 15.6 Å². The van der Waals surface area contributed by atoms with Gasteiger partial charge in [0.2, 0.25) is 5.96 Å². The summed E-state index contributed by atoms with van der Waals surface area (Å²) < 4.78 is 0. The summed E-state index contributed by atoms with van der Waals surface area (Å²) in [5.74, 6) is 4.69. The van der Waals surface area contributed by atoms with Gasteiger partial charge < -0.3 is 5.32 Å². The number of hydrogen-bond acceptors (Lipinski definition) is 4. The van der Waals surface area contributed by atoms with E-state index < -0.39 is 5.54 Å². The molecule has 1 rings (SSSR count). The molecule has 0 spiro atoms. The molecule has 0 aliphatic carbocycles. The maximum atomic E-state index is 8.71. The van der Waals surface area contributed by atoms with E-state index in [2.05, 4.69) is 26.5 Å².